The van der Waals surface area contributed by atoms with Gasteiger partial charge >= 0.3 is 6.18 Å². The molecule has 0 aliphatic rings. The van der Waals surface area contributed by atoms with Crippen molar-refractivity contribution in [2.45, 2.75) is 23.6 Å². The second-order valence-electron chi connectivity index (χ2n) is 5.15. The third-order valence-electron chi connectivity index (χ3n) is 3.08. The lowest BCUT2D eigenvalue weighted by atomic mass is 10.1. The number of aliphatic hydroxyl groups is 1. The highest BCUT2D eigenvalue weighted by atomic mass is 35.5. The third kappa shape index (κ3) is 5.06. The molecule has 146 valence electrons. The Hall–Kier alpha value is -1.89. The number of hydroxylamine groups is 1. The molecule has 0 aliphatic heterocycles. The summed E-state index contributed by atoms with van der Waals surface area (Å²) in [7, 11) is -3.01. The molecule has 0 radical (unpaired) electrons. The van der Waals surface area contributed by atoms with Gasteiger partial charge in [-0.1, -0.05) is 11.6 Å². The van der Waals surface area contributed by atoms with Crippen LogP contribution in [0.15, 0.2) is 23.1 Å². The summed E-state index contributed by atoms with van der Waals surface area (Å²) in [5.41, 5.74) is -2.23. The van der Waals surface area contributed by atoms with Gasteiger partial charge in [0.2, 0.25) is 5.60 Å². The highest BCUT2D eigenvalue weighted by molar-refractivity contribution is 7.92. The molecule has 1 rings (SSSR count). The molecule has 0 heterocycles. The van der Waals surface area contributed by atoms with Crippen molar-refractivity contribution < 1.29 is 41.1 Å². The number of hydrogen-bond acceptors (Lipinski definition) is 6. The van der Waals surface area contributed by atoms with Crippen molar-refractivity contribution in [2.24, 2.45) is 0 Å². The standard InChI is InChI=1S/C13H14ClF3N2O6S/c1-12(22,13(15,16)17)11(21)18-9-4-3-7(5-8(9)14)26(23,24)6-10(20)19-25-2/h3-5,22H,6H2,1-2H3,(H,18,21)(H,19,20)/t12-/m1/s1. The Morgan fingerprint density at radius 2 is 1.88 bits per heavy atom. The molecule has 0 bridgehead atoms. The van der Waals surface area contributed by atoms with Crippen molar-refractivity contribution in [1.82, 2.24) is 5.48 Å². The number of sulfone groups is 1. The summed E-state index contributed by atoms with van der Waals surface area (Å²) in [5, 5.41) is 10.6. The first-order valence-electron chi connectivity index (χ1n) is 6.67. The molecule has 0 saturated carbocycles. The summed E-state index contributed by atoms with van der Waals surface area (Å²) in [5.74, 6) is -3.73. The number of hydrogen-bond donors (Lipinski definition) is 3. The largest absolute Gasteiger partial charge is 0.426 e. The zero-order valence-corrected chi connectivity index (χ0v) is 14.9. The smallest absolute Gasteiger partial charge is 0.373 e. The number of halogens is 4. The van der Waals surface area contributed by atoms with Gasteiger partial charge < -0.3 is 10.4 Å². The van der Waals surface area contributed by atoms with Crippen LogP contribution in [0.25, 0.3) is 0 Å². The number of carbonyl (C=O) groups is 2. The molecule has 0 saturated heterocycles. The first-order valence-corrected chi connectivity index (χ1v) is 8.70. The summed E-state index contributed by atoms with van der Waals surface area (Å²) in [6.07, 6.45) is -5.23. The zero-order valence-electron chi connectivity index (χ0n) is 13.3. The summed E-state index contributed by atoms with van der Waals surface area (Å²) < 4.78 is 61.9. The van der Waals surface area contributed by atoms with Crippen molar-refractivity contribution in [1.29, 1.82) is 0 Å². The first-order chi connectivity index (χ1) is 11.7. The van der Waals surface area contributed by atoms with Gasteiger partial charge in [0, 0.05) is 0 Å². The maximum Gasteiger partial charge on any atom is 0.426 e. The van der Waals surface area contributed by atoms with Gasteiger partial charge in [0.1, 0.15) is 5.75 Å². The molecule has 0 aromatic heterocycles. The number of nitrogens with one attached hydrogen (secondary N) is 2. The van der Waals surface area contributed by atoms with E-state index in [1.807, 2.05) is 5.48 Å². The molecule has 0 spiro atoms. The Kier molecular flexibility index (Phi) is 6.63. The Labute approximate surface area is 151 Å². The van der Waals surface area contributed by atoms with E-state index in [2.05, 4.69) is 4.84 Å². The average molecular weight is 419 g/mol. The van der Waals surface area contributed by atoms with Gasteiger partial charge in [0.05, 0.1) is 22.7 Å². The zero-order chi connectivity index (χ0) is 20.3. The molecule has 1 aromatic rings. The van der Waals surface area contributed by atoms with Gasteiger partial charge in [-0.05, 0) is 25.1 Å². The minimum Gasteiger partial charge on any atom is -0.373 e. The van der Waals surface area contributed by atoms with Crippen LogP contribution in [0.1, 0.15) is 6.92 Å². The fraction of sp³-hybridized carbons (Fsp3) is 0.385. The van der Waals surface area contributed by atoms with E-state index in [1.54, 1.807) is 5.32 Å². The average Bonchev–Trinajstić information content (AvgIpc) is 2.47. The van der Waals surface area contributed by atoms with Crippen LogP contribution in [0, 0.1) is 0 Å². The predicted molar refractivity (Wildman–Crippen MR) is 84.0 cm³/mol. The third-order valence-corrected chi connectivity index (χ3v) is 5.01. The molecular formula is C13H14ClF3N2O6S. The molecule has 0 aliphatic carbocycles. The highest BCUT2D eigenvalue weighted by Crippen LogP contribution is 2.32. The van der Waals surface area contributed by atoms with E-state index in [9.17, 15) is 36.3 Å². The SMILES string of the molecule is CONC(=O)CS(=O)(=O)c1ccc(NC(=O)[C@@](C)(O)C(F)(F)F)c(Cl)c1. The van der Waals surface area contributed by atoms with Gasteiger partial charge in [0.15, 0.2) is 9.84 Å². The number of carbonyl (C=O) groups excluding carboxylic acids is 2. The maximum absolute atomic E-state index is 12.6. The number of amides is 2. The summed E-state index contributed by atoms with van der Waals surface area (Å²) in [4.78, 5) is 26.8. The summed E-state index contributed by atoms with van der Waals surface area (Å²) >= 11 is 5.77. The highest BCUT2D eigenvalue weighted by Gasteiger charge is 2.55. The quantitative estimate of drug-likeness (QED) is 0.593. The predicted octanol–water partition coefficient (Wildman–Crippen LogP) is 1.04. The molecule has 0 fully saturated rings. The number of alkyl halides is 3. The second kappa shape index (κ2) is 7.78. The van der Waals surface area contributed by atoms with Gasteiger partial charge in [0.25, 0.3) is 11.8 Å². The normalized spacial score (nSPS) is 14.4. The van der Waals surface area contributed by atoms with E-state index < -0.39 is 49.1 Å². The fourth-order valence-corrected chi connectivity index (χ4v) is 3.00. The Bertz CT molecular complexity index is 811. The summed E-state index contributed by atoms with van der Waals surface area (Å²) in [6.45, 7) is 0.253. The molecule has 3 N–H and O–H groups in total. The van der Waals surface area contributed by atoms with Crippen molar-refractivity contribution >= 4 is 38.9 Å². The van der Waals surface area contributed by atoms with Crippen LogP contribution in [0.3, 0.4) is 0 Å². The van der Waals surface area contributed by atoms with E-state index in [4.69, 9.17) is 11.6 Å². The van der Waals surface area contributed by atoms with E-state index in [1.165, 1.54) is 0 Å². The number of anilines is 1. The second-order valence-corrected chi connectivity index (χ2v) is 7.55. The molecule has 1 aromatic carbocycles. The van der Waals surface area contributed by atoms with Crippen molar-refractivity contribution in [3.05, 3.63) is 23.2 Å². The number of benzene rings is 1. The van der Waals surface area contributed by atoms with Gasteiger partial charge in [-0.15, -0.1) is 0 Å². The van der Waals surface area contributed by atoms with Crippen molar-refractivity contribution in [3.63, 3.8) is 0 Å². The lowest BCUT2D eigenvalue weighted by Gasteiger charge is -2.25. The summed E-state index contributed by atoms with van der Waals surface area (Å²) in [6, 6.07) is 2.70. The van der Waals surface area contributed by atoms with Crippen LogP contribution in [0.4, 0.5) is 18.9 Å². The topological polar surface area (TPSA) is 122 Å². The lowest BCUT2D eigenvalue weighted by Crippen LogP contribution is -2.52. The van der Waals surface area contributed by atoms with Crippen LogP contribution < -0.4 is 10.8 Å². The van der Waals surface area contributed by atoms with Crippen LogP contribution in [0.2, 0.25) is 5.02 Å². The van der Waals surface area contributed by atoms with Crippen molar-refractivity contribution in [3.8, 4) is 0 Å². The molecule has 8 nitrogen and oxygen atoms in total. The van der Waals surface area contributed by atoms with E-state index in [0.717, 1.165) is 25.3 Å². The first kappa shape index (κ1) is 22.2. The van der Waals surface area contributed by atoms with E-state index in [0.29, 0.717) is 0 Å². The molecular weight excluding hydrogens is 405 g/mol. The van der Waals surface area contributed by atoms with Gasteiger partial charge in [-0.25, -0.2) is 13.9 Å². The fourth-order valence-electron chi connectivity index (χ4n) is 1.56. The van der Waals surface area contributed by atoms with Gasteiger partial charge in [-0.2, -0.15) is 13.2 Å². The van der Waals surface area contributed by atoms with E-state index in [-0.39, 0.29) is 12.6 Å². The van der Waals surface area contributed by atoms with Crippen LogP contribution >= 0.6 is 11.6 Å². The minimum absolute atomic E-state index is 0.253. The van der Waals surface area contributed by atoms with Gasteiger partial charge in [-0.3, -0.25) is 14.4 Å². The number of rotatable bonds is 6. The Morgan fingerprint density at radius 3 is 2.35 bits per heavy atom. The minimum atomic E-state index is -5.23. The lowest BCUT2D eigenvalue weighted by molar-refractivity contribution is -0.242. The van der Waals surface area contributed by atoms with E-state index >= 15 is 0 Å². The molecule has 13 heteroatoms. The molecule has 1 atom stereocenters. The Morgan fingerprint density at radius 1 is 1.31 bits per heavy atom. The monoisotopic (exact) mass is 418 g/mol. The molecule has 26 heavy (non-hydrogen) atoms. The van der Waals surface area contributed by atoms with Crippen LogP contribution in [-0.4, -0.2) is 50.0 Å². The maximum atomic E-state index is 12.6. The van der Waals surface area contributed by atoms with Crippen LogP contribution in [-0.2, 0) is 24.3 Å². The van der Waals surface area contributed by atoms with Crippen LogP contribution in [0.5, 0.6) is 0 Å². The molecule has 0 unspecified atom stereocenters. The van der Waals surface area contributed by atoms with Crippen molar-refractivity contribution in [2.75, 3.05) is 18.2 Å². The Balaban J connectivity index is 3.05. The molecule has 2 amide bonds.